The van der Waals surface area contributed by atoms with Crippen LogP contribution < -0.4 is 16.7 Å². The molecule has 0 bridgehead atoms. The van der Waals surface area contributed by atoms with E-state index in [1.807, 2.05) is 30.3 Å². The summed E-state index contributed by atoms with van der Waals surface area (Å²) in [6.07, 6.45) is -5.85. The quantitative estimate of drug-likeness (QED) is 0.144. The minimum absolute atomic E-state index is 0.0315. The summed E-state index contributed by atoms with van der Waals surface area (Å²) >= 11 is 0. The summed E-state index contributed by atoms with van der Waals surface area (Å²) in [5.74, 6) is -3.65. The molecule has 1 saturated carbocycles. The Balaban J connectivity index is 1.42. The number of aliphatic hydroxyl groups excluding tert-OH is 2. The van der Waals surface area contributed by atoms with Gasteiger partial charge in [-0.05, 0) is 24.5 Å². The Bertz CT molecular complexity index is 1420. The minimum Gasteiger partial charge on any atom is -0.387 e. The number of nitrogen functional groups attached to an aromatic ring is 1. The molecule has 0 radical (unpaired) electrons. The fourth-order valence-electron chi connectivity index (χ4n) is 5.12. The number of rotatable bonds is 12. The lowest BCUT2D eigenvalue weighted by molar-refractivity contribution is -0.120. The number of nitrogens with one attached hydrogen (secondary N) is 1. The zero-order valence-corrected chi connectivity index (χ0v) is 24.6. The van der Waals surface area contributed by atoms with Gasteiger partial charge in [0.1, 0.15) is 24.1 Å². The Hall–Kier alpha value is -2.53. The molecule has 1 aliphatic carbocycles. The summed E-state index contributed by atoms with van der Waals surface area (Å²) in [6.45, 7) is 0.553. The monoisotopic (exact) mass is 648 g/mol. The second-order valence-electron chi connectivity index (χ2n) is 10.3. The van der Waals surface area contributed by atoms with E-state index in [1.165, 1.54) is 19.2 Å². The Morgan fingerprint density at radius 1 is 1.16 bits per heavy atom. The minimum atomic E-state index is -5.22. The maximum atomic E-state index is 12.9. The molecule has 1 aliphatic heterocycles. The number of nitrogens with zero attached hydrogens (tertiary/aromatic N) is 2. The Labute approximate surface area is 245 Å². The molecule has 17 nitrogen and oxygen atoms in total. The van der Waals surface area contributed by atoms with Crippen molar-refractivity contribution < 1.29 is 57.3 Å². The molecule has 2 unspecified atom stereocenters. The standard InChI is InChI=1S/C24H34N4O13P2/c1-13(29)26-16-9-15(10-17(16)38-11-14-5-3-2-4-6-14)23(42(33,34)35)41-43(36,37)39-12-18-20(30)21(31)22(40-18)28-8-7-19(25)27-24(28)32/h2-8,15-18,20-23,30-31H,9-12H2,1H3,(H,26,29)(H,36,37)(H2,25,27,32)(H2,33,34,35)/t15-,16-,17+,18+,20+,21+,22+,23?/m0/s1. The summed E-state index contributed by atoms with van der Waals surface area (Å²) in [5.41, 5.74) is 5.38. The smallest absolute Gasteiger partial charge is 0.387 e. The molecule has 1 saturated heterocycles. The van der Waals surface area contributed by atoms with E-state index in [2.05, 4.69) is 10.3 Å². The molecular weight excluding hydrogens is 614 g/mol. The van der Waals surface area contributed by atoms with Gasteiger partial charge >= 0.3 is 21.1 Å². The largest absolute Gasteiger partial charge is 0.473 e. The van der Waals surface area contributed by atoms with Gasteiger partial charge in [-0.15, -0.1) is 0 Å². The van der Waals surface area contributed by atoms with Crippen LogP contribution in [0.3, 0.4) is 0 Å². The molecule has 9 atom stereocenters. The number of hydrogen-bond acceptors (Lipinski definition) is 12. The van der Waals surface area contributed by atoms with Gasteiger partial charge in [-0.25, -0.2) is 9.36 Å². The van der Waals surface area contributed by atoms with Crippen LogP contribution in [0.25, 0.3) is 0 Å². The lowest BCUT2D eigenvalue weighted by atomic mass is 10.1. The summed E-state index contributed by atoms with van der Waals surface area (Å²) in [6, 6.07) is 9.66. The van der Waals surface area contributed by atoms with Gasteiger partial charge in [-0.2, -0.15) is 4.98 Å². The second-order valence-corrected chi connectivity index (χ2v) is 13.4. The second kappa shape index (κ2) is 13.6. The fraction of sp³-hybridized carbons (Fsp3) is 0.542. The molecular formula is C24H34N4O13P2. The SMILES string of the molecule is CC(=O)N[C@H]1C[C@H](C(OP(=O)(O)OC[C@H]2O[C@@H](n3ccc(N)nc3=O)[C@H](O)[C@@H]2O)P(=O)(O)O)C[C@H]1OCc1ccccc1. The third-order valence-corrected chi connectivity index (χ3v) is 9.40. The first-order valence-corrected chi connectivity index (χ1v) is 16.3. The predicted octanol–water partition coefficient (Wildman–Crippen LogP) is -0.418. The number of nitrogens with two attached hydrogens (primary N) is 1. The normalized spacial score (nSPS) is 29.7. The van der Waals surface area contributed by atoms with Crippen molar-refractivity contribution in [1.29, 1.82) is 0 Å². The molecule has 19 heteroatoms. The van der Waals surface area contributed by atoms with Crippen molar-refractivity contribution in [3.8, 4) is 0 Å². The average molecular weight is 648 g/mol. The number of anilines is 1. The van der Waals surface area contributed by atoms with Gasteiger partial charge in [0, 0.05) is 19.0 Å². The molecule has 8 N–H and O–H groups in total. The summed E-state index contributed by atoms with van der Waals surface area (Å²) in [4.78, 5) is 57.9. The highest BCUT2D eigenvalue weighted by atomic mass is 31.2. The Kier molecular flexibility index (Phi) is 10.6. The fourth-order valence-corrected chi connectivity index (χ4v) is 7.60. The summed E-state index contributed by atoms with van der Waals surface area (Å²) in [5, 5.41) is 23.4. The van der Waals surface area contributed by atoms with Gasteiger partial charge in [-0.3, -0.25) is 23.0 Å². The number of ether oxygens (including phenoxy) is 2. The molecule has 0 spiro atoms. The van der Waals surface area contributed by atoms with Gasteiger partial charge in [-0.1, -0.05) is 30.3 Å². The molecule has 2 fully saturated rings. The lowest BCUT2D eigenvalue weighted by Gasteiger charge is -2.27. The number of phosphoric acid groups is 1. The number of benzene rings is 1. The van der Waals surface area contributed by atoms with Crippen molar-refractivity contribution in [2.75, 3.05) is 12.3 Å². The zero-order valence-electron chi connectivity index (χ0n) is 22.9. The van der Waals surface area contributed by atoms with Crippen molar-refractivity contribution >= 4 is 27.1 Å². The first kappa shape index (κ1) is 33.4. The van der Waals surface area contributed by atoms with Gasteiger partial charge in [0.15, 0.2) is 12.1 Å². The van der Waals surface area contributed by atoms with Gasteiger partial charge in [0.25, 0.3) is 0 Å². The Morgan fingerprint density at radius 2 is 1.86 bits per heavy atom. The van der Waals surface area contributed by atoms with Crippen LogP contribution in [0.1, 0.15) is 31.6 Å². The van der Waals surface area contributed by atoms with Crippen molar-refractivity contribution in [2.45, 2.75) is 68.9 Å². The first-order valence-electron chi connectivity index (χ1n) is 13.1. The average Bonchev–Trinajstić information content (AvgIpc) is 3.44. The number of carbonyl (C=O) groups is 1. The van der Waals surface area contributed by atoms with Crippen molar-refractivity contribution in [3.63, 3.8) is 0 Å². The van der Waals surface area contributed by atoms with Crippen LogP contribution in [-0.4, -0.2) is 83.3 Å². The van der Waals surface area contributed by atoms with E-state index in [4.69, 9.17) is 24.3 Å². The third-order valence-electron chi connectivity index (χ3n) is 7.08. The lowest BCUT2D eigenvalue weighted by Crippen LogP contribution is -2.40. The number of aliphatic hydroxyl groups is 2. The van der Waals surface area contributed by atoms with Crippen LogP contribution in [0.5, 0.6) is 0 Å². The predicted molar refractivity (Wildman–Crippen MR) is 147 cm³/mol. The van der Waals surface area contributed by atoms with Crippen LogP contribution in [-0.2, 0) is 39.1 Å². The molecule has 4 rings (SSSR count). The van der Waals surface area contributed by atoms with E-state index in [1.54, 1.807) is 0 Å². The van der Waals surface area contributed by atoms with Crippen molar-refractivity contribution in [3.05, 3.63) is 58.6 Å². The zero-order chi connectivity index (χ0) is 31.5. The number of amides is 1. The van der Waals surface area contributed by atoms with Crippen LogP contribution in [0, 0.1) is 5.92 Å². The van der Waals surface area contributed by atoms with Gasteiger partial charge in [0.2, 0.25) is 5.91 Å². The molecule has 2 heterocycles. The molecule has 1 aromatic carbocycles. The van der Waals surface area contributed by atoms with E-state index in [0.717, 1.165) is 10.1 Å². The topological polar surface area (TPSA) is 262 Å². The highest BCUT2D eigenvalue weighted by Crippen LogP contribution is 2.58. The van der Waals surface area contributed by atoms with E-state index in [9.17, 15) is 43.6 Å². The number of phosphoric ester groups is 1. The number of hydrogen-bond donors (Lipinski definition) is 7. The molecule has 1 aromatic heterocycles. The first-order chi connectivity index (χ1) is 20.1. The van der Waals surface area contributed by atoms with Gasteiger partial charge < -0.3 is 45.4 Å². The molecule has 1 amide bonds. The van der Waals surface area contributed by atoms with E-state index in [-0.39, 0.29) is 25.3 Å². The van der Waals surface area contributed by atoms with Crippen LogP contribution in [0.15, 0.2) is 47.4 Å². The number of aromatic nitrogens is 2. The van der Waals surface area contributed by atoms with E-state index >= 15 is 0 Å². The summed E-state index contributed by atoms with van der Waals surface area (Å²) < 4.78 is 47.4. The van der Waals surface area contributed by atoms with Crippen LogP contribution in [0.4, 0.5) is 5.82 Å². The number of carbonyl (C=O) groups excluding carboxylic acids is 1. The maximum absolute atomic E-state index is 12.9. The molecule has 2 aromatic rings. The maximum Gasteiger partial charge on any atom is 0.473 e. The molecule has 238 valence electrons. The van der Waals surface area contributed by atoms with E-state index in [0.29, 0.717) is 0 Å². The van der Waals surface area contributed by atoms with Gasteiger partial charge in [0.05, 0.1) is 25.4 Å². The van der Waals surface area contributed by atoms with Crippen LogP contribution >= 0.6 is 15.4 Å². The van der Waals surface area contributed by atoms with E-state index < -0.39 is 82.1 Å². The highest BCUT2D eigenvalue weighted by Gasteiger charge is 2.50. The third kappa shape index (κ3) is 8.56. The summed E-state index contributed by atoms with van der Waals surface area (Å²) in [7, 11) is -10.4. The highest BCUT2D eigenvalue weighted by molar-refractivity contribution is 7.54. The van der Waals surface area contributed by atoms with Crippen molar-refractivity contribution in [1.82, 2.24) is 14.9 Å². The van der Waals surface area contributed by atoms with Crippen LogP contribution in [0.2, 0.25) is 0 Å². The molecule has 43 heavy (non-hydrogen) atoms. The molecule has 2 aliphatic rings. The van der Waals surface area contributed by atoms with Crippen molar-refractivity contribution in [2.24, 2.45) is 5.92 Å². The Morgan fingerprint density at radius 3 is 2.49 bits per heavy atom.